The lowest BCUT2D eigenvalue weighted by atomic mass is 9.92. The molecule has 3 unspecified atom stereocenters. The first-order chi connectivity index (χ1) is 7.61. The maximum absolute atomic E-state index is 5.67. The third-order valence-electron chi connectivity index (χ3n) is 3.63. The molecule has 1 aliphatic heterocycles. The highest BCUT2D eigenvalue weighted by Gasteiger charge is 2.41. The molecular weight excluding hydrogens is 196 g/mol. The molecule has 1 heteroatoms. The summed E-state index contributed by atoms with van der Waals surface area (Å²) < 4.78 is 5.67. The molecule has 1 aliphatic rings. The Morgan fingerprint density at radius 1 is 1.31 bits per heavy atom. The Morgan fingerprint density at radius 2 is 2.06 bits per heavy atom. The van der Waals surface area contributed by atoms with Crippen LogP contribution in [0.25, 0.3) is 0 Å². The normalized spacial score (nSPS) is 25.5. The van der Waals surface area contributed by atoms with Crippen molar-refractivity contribution in [1.82, 2.24) is 0 Å². The molecule has 16 heavy (non-hydrogen) atoms. The number of hydrogen-bond acceptors (Lipinski definition) is 1. The Bertz CT molecular complexity index is 370. The van der Waals surface area contributed by atoms with Crippen LogP contribution in [0.2, 0.25) is 0 Å². The first-order valence-electron chi connectivity index (χ1n) is 6.33. The molecule has 1 fully saturated rings. The summed E-state index contributed by atoms with van der Waals surface area (Å²) in [5.74, 6) is 0.644. The fourth-order valence-corrected chi connectivity index (χ4v) is 2.47. The summed E-state index contributed by atoms with van der Waals surface area (Å²) in [5.41, 5.74) is 4.25. The van der Waals surface area contributed by atoms with Gasteiger partial charge < -0.3 is 4.74 Å². The van der Waals surface area contributed by atoms with Gasteiger partial charge in [0, 0.05) is 0 Å². The van der Waals surface area contributed by atoms with Crippen molar-refractivity contribution < 1.29 is 4.74 Å². The molecule has 0 amide bonds. The van der Waals surface area contributed by atoms with Crippen LogP contribution in [0, 0.1) is 19.8 Å². The maximum atomic E-state index is 5.67. The van der Waals surface area contributed by atoms with E-state index in [0.29, 0.717) is 18.1 Å². The molecule has 1 heterocycles. The lowest BCUT2D eigenvalue weighted by Gasteiger charge is -2.12. The van der Waals surface area contributed by atoms with Gasteiger partial charge in [-0.15, -0.1) is 0 Å². The smallest absolute Gasteiger partial charge is 0.0870 e. The van der Waals surface area contributed by atoms with Gasteiger partial charge in [0.15, 0.2) is 0 Å². The third-order valence-corrected chi connectivity index (χ3v) is 3.63. The third kappa shape index (κ3) is 2.46. The van der Waals surface area contributed by atoms with Crippen molar-refractivity contribution >= 4 is 0 Å². The van der Waals surface area contributed by atoms with Crippen LogP contribution in [0.1, 0.15) is 37.0 Å². The van der Waals surface area contributed by atoms with Crippen LogP contribution >= 0.6 is 0 Å². The molecule has 1 aromatic carbocycles. The molecule has 1 nitrogen and oxygen atoms in total. The maximum Gasteiger partial charge on any atom is 0.0870 e. The van der Waals surface area contributed by atoms with Gasteiger partial charge in [-0.25, -0.2) is 0 Å². The lowest BCUT2D eigenvalue weighted by Crippen LogP contribution is -2.10. The van der Waals surface area contributed by atoms with Crippen molar-refractivity contribution in [1.29, 1.82) is 0 Å². The molecular formula is C15H22O. The van der Waals surface area contributed by atoms with E-state index in [9.17, 15) is 0 Å². The largest absolute Gasteiger partial charge is 0.369 e. The standard InChI is InChI=1S/C15H22O/c1-5-14-15(16-14)12(4)9-13-8-10(2)6-7-11(13)3/h6-8,12,14-15H,5,9H2,1-4H3. The van der Waals surface area contributed by atoms with Crippen LogP contribution in [0.3, 0.4) is 0 Å². The minimum absolute atomic E-state index is 0.505. The zero-order valence-corrected chi connectivity index (χ0v) is 10.8. The van der Waals surface area contributed by atoms with Gasteiger partial charge in [-0.05, 0) is 43.7 Å². The van der Waals surface area contributed by atoms with Crippen LogP contribution in [-0.4, -0.2) is 12.2 Å². The zero-order valence-electron chi connectivity index (χ0n) is 10.8. The Kier molecular flexibility index (Phi) is 3.34. The highest BCUT2D eigenvalue weighted by Crippen LogP contribution is 2.33. The Labute approximate surface area is 98.8 Å². The van der Waals surface area contributed by atoms with E-state index >= 15 is 0 Å². The highest BCUT2D eigenvalue weighted by atomic mass is 16.6. The van der Waals surface area contributed by atoms with E-state index in [1.165, 1.54) is 16.7 Å². The van der Waals surface area contributed by atoms with E-state index in [0.717, 1.165) is 12.8 Å². The van der Waals surface area contributed by atoms with Crippen LogP contribution in [0.5, 0.6) is 0 Å². The molecule has 88 valence electrons. The number of benzene rings is 1. The van der Waals surface area contributed by atoms with Gasteiger partial charge in [-0.3, -0.25) is 0 Å². The van der Waals surface area contributed by atoms with E-state index in [-0.39, 0.29) is 0 Å². The molecule has 2 rings (SSSR count). The predicted octanol–water partition coefficient (Wildman–Crippen LogP) is 3.66. The Balaban J connectivity index is 2.01. The fraction of sp³-hybridized carbons (Fsp3) is 0.600. The topological polar surface area (TPSA) is 12.5 Å². The van der Waals surface area contributed by atoms with Crippen molar-refractivity contribution in [2.45, 2.75) is 52.7 Å². The summed E-state index contributed by atoms with van der Waals surface area (Å²) in [5, 5.41) is 0. The molecule has 1 aromatic rings. The summed E-state index contributed by atoms with van der Waals surface area (Å²) >= 11 is 0. The minimum atomic E-state index is 0.505. The van der Waals surface area contributed by atoms with E-state index in [1.54, 1.807) is 0 Å². The predicted molar refractivity (Wildman–Crippen MR) is 67.7 cm³/mol. The zero-order chi connectivity index (χ0) is 11.7. The Hall–Kier alpha value is -0.820. The molecule has 0 spiro atoms. The molecule has 0 bridgehead atoms. The minimum Gasteiger partial charge on any atom is -0.369 e. The number of hydrogen-bond donors (Lipinski definition) is 0. The van der Waals surface area contributed by atoms with Crippen molar-refractivity contribution in [3.05, 3.63) is 34.9 Å². The molecule has 0 radical (unpaired) electrons. The average Bonchev–Trinajstić information content (AvgIpc) is 3.02. The second-order valence-corrected chi connectivity index (χ2v) is 5.16. The number of rotatable bonds is 4. The first kappa shape index (κ1) is 11.7. The van der Waals surface area contributed by atoms with Crippen molar-refractivity contribution in [3.8, 4) is 0 Å². The molecule has 0 aromatic heterocycles. The second-order valence-electron chi connectivity index (χ2n) is 5.16. The fourth-order valence-electron chi connectivity index (χ4n) is 2.47. The van der Waals surface area contributed by atoms with Gasteiger partial charge in [0.25, 0.3) is 0 Å². The van der Waals surface area contributed by atoms with Crippen LogP contribution in [0.15, 0.2) is 18.2 Å². The van der Waals surface area contributed by atoms with Gasteiger partial charge in [0.1, 0.15) is 0 Å². The summed E-state index contributed by atoms with van der Waals surface area (Å²) in [6.07, 6.45) is 3.33. The summed E-state index contributed by atoms with van der Waals surface area (Å²) in [6, 6.07) is 6.73. The van der Waals surface area contributed by atoms with E-state index in [2.05, 4.69) is 45.9 Å². The van der Waals surface area contributed by atoms with Gasteiger partial charge in [0.05, 0.1) is 12.2 Å². The molecule has 0 saturated carbocycles. The van der Waals surface area contributed by atoms with Crippen molar-refractivity contribution in [2.75, 3.05) is 0 Å². The second kappa shape index (κ2) is 4.58. The first-order valence-corrected chi connectivity index (χ1v) is 6.33. The quantitative estimate of drug-likeness (QED) is 0.703. The van der Waals surface area contributed by atoms with Crippen LogP contribution < -0.4 is 0 Å². The van der Waals surface area contributed by atoms with E-state index < -0.39 is 0 Å². The van der Waals surface area contributed by atoms with Crippen LogP contribution in [0.4, 0.5) is 0 Å². The monoisotopic (exact) mass is 218 g/mol. The molecule has 3 atom stereocenters. The Morgan fingerprint density at radius 3 is 2.69 bits per heavy atom. The van der Waals surface area contributed by atoms with Gasteiger partial charge in [0.2, 0.25) is 0 Å². The number of aryl methyl sites for hydroxylation is 2. The van der Waals surface area contributed by atoms with E-state index in [1.807, 2.05) is 0 Å². The number of ether oxygens (including phenoxy) is 1. The highest BCUT2D eigenvalue weighted by molar-refractivity contribution is 5.31. The lowest BCUT2D eigenvalue weighted by molar-refractivity contribution is 0.322. The summed E-state index contributed by atoms with van der Waals surface area (Å²) in [6.45, 7) is 8.88. The summed E-state index contributed by atoms with van der Waals surface area (Å²) in [4.78, 5) is 0. The molecule has 0 aliphatic carbocycles. The van der Waals surface area contributed by atoms with Crippen molar-refractivity contribution in [3.63, 3.8) is 0 Å². The van der Waals surface area contributed by atoms with Gasteiger partial charge >= 0.3 is 0 Å². The van der Waals surface area contributed by atoms with Gasteiger partial charge in [-0.2, -0.15) is 0 Å². The van der Waals surface area contributed by atoms with E-state index in [4.69, 9.17) is 4.74 Å². The van der Waals surface area contributed by atoms with Crippen molar-refractivity contribution in [2.24, 2.45) is 5.92 Å². The van der Waals surface area contributed by atoms with Crippen LogP contribution in [-0.2, 0) is 11.2 Å². The SMILES string of the molecule is CCC1OC1C(C)Cc1cc(C)ccc1C. The molecule has 0 N–H and O–H groups in total. The number of epoxide rings is 1. The molecule has 1 saturated heterocycles. The summed E-state index contributed by atoms with van der Waals surface area (Å²) in [7, 11) is 0. The van der Waals surface area contributed by atoms with Gasteiger partial charge in [-0.1, -0.05) is 37.6 Å². The average molecular weight is 218 g/mol.